The van der Waals surface area contributed by atoms with Crippen molar-refractivity contribution >= 4 is 17.6 Å². The van der Waals surface area contributed by atoms with Crippen LogP contribution in [-0.2, 0) is 4.74 Å². The summed E-state index contributed by atoms with van der Waals surface area (Å²) in [4.78, 5) is 14.7. The molecule has 2 aliphatic heterocycles. The molecule has 0 saturated carbocycles. The van der Waals surface area contributed by atoms with Gasteiger partial charge < -0.3 is 20.3 Å². The Balaban J connectivity index is 1.61. The summed E-state index contributed by atoms with van der Waals surface area (Å²) in [6.45, 7) is 10.5. The van der Waals surface area contributed by atoms with E-state index in [0.717, 1.165) is 18.4 Å². The molecule has 144 valence electrons. The average Bonchev–Trinajstić information content (AvgIpc) is 2.52. The molecule has 1 aromatic carbocycles. The molecular weight excluding hydrogens is 350 g/mol. The van der Waals surface area contributed by atoms with E-state index >= 15 is 0 Å². The summed E-state index contributed by atoms with van der Waals surface area (Å²) in [6.07, 6.45) is 1.74. The number of urea groups is 1. The van der Waals surface area contributed by atoms with Gasteiger partial charge in [0, 0.05) is 28.7 Å². The van der Waals surface area contributed by atoms with Crippen molar-refractivity contribution in [3.8, 4) is 0 Å². The van der Waals surface area contributed by atoms with Crippen molar-refractivity contribution < 1.29 is 9.53 Å². The minimum absolute atomic E-state index is 0.00534. The highest BCUT2D eigenvalue weighted by atomic mass is 35.5. The number of hydrogen-bond acceptors (Lipinski definition) is 3. The summed E-state index contributed by atoms with van der Waals surface area (Å²) in [5, 5.41) is 7.61. The van der Waals surface area contributed by atoms with Crippen LogP contribution in [0.3, 0.4) is 0 Å². The van der Waals surface area contributed by atoms with Crippen LogP contribution in [0.25, 0.3) is 0 Å². The van der Waals surface area contributed by atoms with E-state index < -0.39 is 0 Å². The van der Waals surface area contributed by atoms with Gasteiger partial charge in [0.2, 0.25) is 0 Å². The van der Waals surface area contributed by atoms with E-state index in [-0.39, 0.29) is 29.3 Å². The number of carbonyl (C=O) groups excluding carboxylic acids is 1. The van der Waals surface area contributed by atoms with Crippen LogP contribution >= 0.6 is 11.6 Å². The van der Waals surface area contributed by atoms with E-state index in [4.69, 9.17) is 16.3 Å². The molecule has 2 N–H and O–H groups in total. The molecule has 3 rings (SSSR count). The summed E-state index contributed by atoms with van der Waals surface area (Å²) in [7, 11) is 0. The first-order chi connectivity index (χ1) is 12.1. The number of halogens is 1. The Bertz CT molecular complexity index is 629. The second kappa shape index (κ2) is 7.37. The number of morpholine rings is 1. The second-order valence-electron chi connectivity index (χ2n) is 8.80. The zero-order valence-corrected chi connectivity index (χ0v) is 16.9. The van der Waals surface area contributed by atoms with Crippen molar-refractivity contribution in [1.82, 2.24) is 15.5 Å². The predicted molar refractivity (Wildman–Crippen MR) is 105 cm³/mol. The van der Waals surface area contributed by atoms with Crippen LogP contribution in [0.5, 0.6) is 0 Å². The zero-order valence-electron chi connectivity index (χ0n) is 16.1. The number of nitrogens with zero attached hydrogens (tertiary/aromatic N) is 1. The topological polar surface area (TPSA) is 53.6 Å². The highest BCUT2D eigenvalue weighted by molar-refractivity contribution is 6.30. The standard InChI is InChI=1S/C20H30ClN3O2/c1-19(2)11-16(12-20(3,4)23-19)22-18(25)24-9-10-26-17(13-24)14-5-7-15(21)8-6-14/h5-8,16-17,23H,9-13H2,1-4H3,(H,22,25). The molecule has 0 aromatic heterocycles. The normalized spacial score (nSPS) is 25.7. The van der Waals surface area contributed by atoms with Crippen molar-refractivity contribution in [2.75, 3.05) is 19.7 Å². The van der Waals surface area contributed by atoms with E-state index in [9.17, 15) is 4.79 Å². The van der Waals surface area contributed by atoms with Crippen LogP contribution in [0.2, 0.25) is 5.02 Å². The summed E-state index contributed by atoms with van der Waals surface area (Å²) < 4.78 is 5.87. The number of carbonyl (C=O) groups is 1. The van der Waals surface area contributed by atoms with Gasteiger partial charge in [0.1, 0.15) is 6.10 Å². The van der Waals surface area contributed by atoms with Gasteiger partial charge in [0.25, 0.3) is 0 Å². The lowest BCUT2D eigenvalue weighted by Gasteiger charge is -2.47. The molecule has 1 aromatic rings. The lowest BCUT2D eigenvalue weighted by Crippen LogP contribution is -2.63. The van der Waals surface area contributed by atoms with Gasteiger partial charge in [0.05, 0.1) is 13.2 Å². The van der Waals surface area contributed by atoms with Gasteiger partial charge in [-0.25, -0.2) is 4.79 Å². The minimum atomic E-state index is -0.104. The summed E-state index contributed by atoms with van der Waals surface area (Å²) >= 11 is 5.96. The van der Waals surface area contributed by atoms with Crippen LogP contribution in [-0.4, -0.2) is 47.7 Å². The number of amides is 2. The summed E-state index contributed by atoms with van der Waals surface area (Å²) in [6, 6.07) is 7.83. The van der Waals surface area contributed by atoms with Crippen LogP contribution < -0.4 is 10.6 Å². The van der Waals surface area contributed by atoms with E-state index in [1.165, 1.54) is 0 Å². The van der Waals surface area contributed by atoms with E-state index in [1.54, 1.807) is 0 Å². The number of rotatable bonds is 2. The third kappa shape index (κ3) is 4.90. The SMILES string of the molecule is CC1(C)CC(NC(=O)N2CCOC(c3ccc(Cl)cc3)C2)CC(C)(C)N1. The molecule has 2 saturated heterocycles. The molecule has 0 aliphatic carbocycles. The molecule has 26 heavy (non-hydrogen) atoms. The number of hydrogen-bond donors (Lipinski definition) is 2. The van der Waals surface area contributed by atoms with Crippen molar-refractivity contribution in [2.24, 2.45) is 0 Å². The zero-order chi connectivity index (χ0) is 18.9. The van der Waals surface area contributed by atoms with Crippen LogP contribution in [0.4, 0.5) is 4.79 Å². The van der Waals surface area contributed by atoms with Gasteiger partial charge in [-0.15, -0.1) is 0 Å². The van der Waals surface area contributed by atoms with Crippen molar-refractivity contribution in [3.05, 3.63) is 34.9 Å². The Morgan fingerprint density at radius 2 is 1.81 bits per heavy atom. The Hall–Kier alpha value is -1.30. The van der Waals surface area contributed by atoms with E-state index in [1.807, 2.05) is 29.2 Å². The molecule has 5 nitrogen and oxygen atoms in total. The second-order valence-corrected chi connectivity index (χ2v) is 9.24. The maximum Gasteiger partial charge on any atom is 0.317 e. The van der Waals surface area contributed by atoms with Crippen LogP contribution in [0.15, 0.2) is 24.3 Å². The molecule has 6 heteroatoms. The van der Waals surface area contributed by atoms with Crippen LogP contribution in [0, 0.1) is 0 Å². The lowest BCUT2D eigenvalue weighted by molar-refractivity contribution is -0.0163. The van der Waals surface area contributed by atoms with Gasteiger partial charge in [-0.2, -0.15) is 0 Å². The van der Waals surface area contributed by atoms with Gasteiger partial charge >= 0.3 is 6.03 Å². The average molecular weight is 380 g/mol. The quantitative estimate of drug-likeness (QED) is 0.823. The minimum Gasteiger partial charge on any atom is -0.370 e. The molecule has 1 atom stereocenters. The molecule has 2 aliphatic rings. The molecular formula is C20H30ClN3O2. The van der Waals surface area contributed by atoms with Gasteiger partial charge in [0.15, 0.2) is 0 Å². The van der Waals surface area contributed by atoms with E-state index in [2.05, 4.69) is 38.3 Å². The number of ether oxygens (including phenoxy) is 1. The Morgan fingerprint density at radius 3 is 2.42 bits per heavy atom. The van der Waals surface area contributed by atoms with Crippen molar-refractivity contribution in [2.45, 2.75) is 63.8 Å². The fourth-order valence-corrected chi connectivity index (χ4v) is 4.53. The Labute approximate surface area is 161 Å². The predicted octanol–water partition coefficient (Wildman–Crippen LogP) is 3.73. The first kappa shape index (κ1) is 19.5. The van der Waals surface area contributed by atoms with Gasteiger partial charge in [-0.3, -0.25) is 0 Å². The Kier molecular flexibility index (Phi) is 5.52. The van der Waals surface area contributed by atoms with Crippen LogP contribution in [0.1, 0.15) is 52.2 Å². The molecule has 1 unspecified atom stereocenters. The molecule has 2 amide bonds. The summed E-state index contributed by atoms with van der Waals surface area (Å²) in [5.41, 5.74) is 1.07. The van der Waals surface area contributed by atoms with Gasteiger partial charge in [-0.05, 0) is 58.2 Å². The molecule has 2 fully saturated rings. The first-order valence-corrected chi connectivity index (χ1v) is 9.73. The fraction of sp³-hybridized carbons (Fsp3) is 0.650. The third-order valence-corrected chi connectivity index (χ3v) is 5.37. The fourth-order valence-electron chi connectivity index (χ4n) is 4.40. The van der Waals surface area contributed by atoms with Gasteiger partial charge in [-0.1, -0.05) is 23.7 Å². The largest absolute Gasteiger partial charge is 0.370 e. The lowest BCUT2D eigenvalue weighted by atomic mass is 9.79. The third-order valence-electron chi connectivity index (χ3n) is 5.11. The number of nitrogens with one attached hydrogen (secondary N) is 2. The highest BCUT2D eigenvalue weighted by Crippen LogP contribution is 2.29. The number of benzene rings is 1. The van der Waals surface area contributed by atoms with E-state index in [0.29, 0.717) is 24.7 Å². The molecule has 2 heterocycles. The maximum atomic E-state index is 12.8. The molecule has 0 spiro atoms. The summed E-state index contributed by atoms with van der Waals surface area (Å²) in [5.74, 6) is 0. The molecule has 0 radical (unpaired) electrons. The van der Waals surface area contributed by atoms with Crippen molar-refractivity contribution in [3.63, 3.8) is 0 Å². The maximum absolute atomic E-state index is 12.8. The van der Waals surface area contributed by atoms with Crippen molar-refractivity contribution in [1.29, 1.82) is 0 Å². The molecule has 0 bridgehead atoms. The number of piperidine rings is 1. The monoisotopic (exact) mass is 379 g/mol. The highest BCUT2D eigenvalue weighted by Gasteiger charge is 2.39. The smallest absolute Gasteiger partial charge is 0.317 e. The first-order valence-electron chi connectivity index (χ1n) is 9.35. The Morgan fingerprint density at radius 1 is 1.19 bits per heavy atom.